The zero-order valence-electron chi connectivity index (χ0n) is 9.72. The maximum absolute atomic E-state index is 6.32. The minimum absolute atomic E-state index is 0.110. The lowest BCUT2D eigenvalue weighted by Crippen LogP contribution is -2.22. The Morgan fingerprint density at radius 3 is 2.82 bits per heavy atom. The van der Waals surface area contributed by atoms with Crippen LogP contribution in [-0.2, 0) is 0 Å². The van der Waals surface area contributed by atoms with Crippen LogP contribution < -0.4 is 15.2 Å². The molecule has 2 aliphatic rings. The zero-order chi connectivity index (χ0) is 11.7. The van der Waals surface area contributed by atoms with Gasteiger partial charge in [-0.25, -0.2) is 0 Å². The molecule has 0 amide bonds. The van der Waals surface area contributed by atoms with Gasteiger partial charge in [0.15, 0.2) is 11.5 Å². The summed E-state index contributed by atoms with van der Waals surface area (Å²) in [6.07, 6.45) is 2.51. The van der Waals surface area contributed by atoms with Crippen molar-refractivity contribution in [1.29, 1.82) is 0 Å². The molecule has 2 aliphatic heterocycles. The highest BCUT2D eigenvalue weighted by atomic mass is 32.2. The molecule has 1 saturated heterocycles. The third kappa shape index (κ3) is 2.24. The van der Waals surface area contributed by atoms with Crippen LogP contribution in [0.3, 0.4) is 0 Å². The molecule has 2 unspecified atom stereocenters. The predicted molar refractivity (Wildman–Crippen MR) is 69.8 cm³/mol. The Labute approximate surface area is 106 Å². The Kier molecular flexibility index (Phi) is 3.16. The van der Waals surface area contributed by atoms with Crippen LogP contribution in [0, 0.1) is 0 Å². The highest BCUT2D eigenvalue weighted by Gasteiger charge is 2.25. The highest BCUT2D eigenvalue weighted by Crippen LogP contribution is 2.38. The average Bonchev–Trinajstić information content (AvgIpc) is 2.91. The van der Waals surface area contributed by atoms with Crippen LogP contribution in [0.5, 0.6) is 11.5 Å². The van der Waals surface area contributed by atoms with Gasteiger partial charge in [0.05, 0.1) is 0 Å². The van der Waals surface area contributed by atoms with Gasteiger partial charge < -0.3 is 15.2 Å². The molecule has 1 fully saturated rings. The largest absolute Gasteiger partial charge is 0.486 e. The average molecular weight is 251 g/mol. The highest BCUT2D eigenvalue weighted by molar-refractivity contribution is 8.00. The molecule has 92 valence electrons. The van der Waals surface area contributed by atoms with Crippen molar-refractivity contribution in [3.8, 4) is 11.5 Å². The summed E-state index contributed by atoms with van der Waals surface area (Å²) in [5, 5.41) is 0.553. The fourth-order valence-corrected chi connectivity index (χ4v) is 3.70. The zero-order valence-corrected chi connectivity index (χ0v) is 10.5. The molecule has 2 N–H and O–H groups in total. The Morgan fingerprint density at radius 2 is 2.06 bits per heavy atom. The van der Waals surface area contributed by atoms with Crippen LogP contribution in [-0.4, -0.2) is 24.2 Å². The molecule has 2 atom stereocenters. The Morgan fingerprint density at radius 1 is 1.24 bits per heavy atom. The summed E-state index contributed by atoms with van der Waals surface area (Å²) in [5.41, 5.74) is 7.48. The summed E-state index contributed by atoms with van der Waals surface area (Å²) in [5.74, 6) is 2.92. The quantitative estimate of drug-likeness (QED) is 0.876. The van der Waals surface area contributed by atoms with Gasteiger partial charge in [0.1, 0.15) is 13.2 Å². The van der Waals surface area contributed by atoms with Crippen LogP contribution in [0.2, 0.25) is 0 Å². The van der Waals surface area contributed by atoms with Gasteiger partial charge in [-0.15, -0.1) is 0 Å². The van der Waals surface area contributed by atoms with E-state index in [1.54, 1.807) is 0 Å². The van der Waals surface area contributed by atoms with Crippen LogP contribution >= 0.6 is 11.8 Å². The fourth-order valence-electron chi connectivity index (χ4n) is 2.37. The molecule has 1 aromatic carbocycles. The number of rotatable bonds is 2. The predicted octanol–water partition coefficient (Wildman–Crippen LogP) is 2.35. The number of nitrogens with two attached hydrogens (primary N) is 1. The van der Waals surface area contributed by atoms with E-state index >= 15 is 0 Å². The summed E-state index contributed by atoms with van der Waals surface area (Å²) in [4.78, 5) is 0. The van der Waals surface area contributed by atoms with Crippen molar-refractivity contribution in [3.63, 3.8) is 0 Å². The molecule has 0 aromatic heterocycles. The lowest BCUT2D eigenvalue weighted by Gasteiger charge is -2.22. The molecule has 0 bridgehead atoms. The van der Waals surface area contributed by atoms with Crippen LogP contribution in [0.15, 0.2) is 18.2 Å². The van der Waals surface area contributed by atoms with E-state index in [1.165, 1.54) is 18.6 Å². The lowest BCUT2D eigenvalue weighted by molar-refractivity contribution is 0.171. The van der Waals surface area contributed by atoms with Gasteiger partial charge in [0, 0.05) is 11.3 Å². The van der Waals surface area contributed by atoms with E-state index in [0.29, 0.717) is 18.5 Å². The van der Waals surface area contributed by atoms with Gasteiger partial charge >= 0.3 is 0 Å². The van der Waals surface area contributed by atoms with E-state index in [9.17, 15) is 0 Å². The maximum atomic E-state index is 6.32. The number of fused-ring (bicyclic) bond motifs is 1. The van der Waals surface area contributed by atoms with Crippen molar-refractivity contribution < 1.29 is 9.47 Å². The third-order valence-electron chi connectivity index (χ3n) is 3.32. The summed E-state index contributed by atoms with van der Waals surface area (Å²) in [6.45, 7) is 1.26. The summed E-state index contributed by atoms with van der Waals surface area (Å²) in [7, 11) is 0. The van der Waals surface area contributed by atoms with Gasteiger partial charge in [-0.1, -0.05) is 6.07 Å². The molecule has 0 radical (unpaired) electrons. The summed E-state index contributed by atoms with van der Waals surface area (Å²) >= 11 is 1.99. The topological polar surface area (TPSA) is 44.5 Å². The van der Waals surface area contributed by atoms with E-state index in [4.69, 9.17) is 15.2 Å². The van der Waals surface area contributed by atoms with Crippen molar-refractivity contribution >= 4 is 11.8 Å². The number of ether oxygens (including phenoxy) is 2. The first-order chi connectivity index (χ1) is 8.34. The molecular weight excluding hydrogens is 234 g/mol. The lowest BCUT2D eigenvalue weighted by atomic mass is 10.0. The van der Waals surface area contributed by atoms with Gasteiger partial charge in [0.2, 0.25) is 0 Å². The molecular formula is C13H17NO2S. The van der Waals surface area contributed by atoms with Gasteiger partial charge in [-0.2, -0.15) is 11.8 Å². The standard InChI is InChI=1S/C13H17NO2S/c14-13(12-2-1-7-17-12)9-3-4-10-11(8-9)16-6-5-15-10/h3-4,8,12-13H,1-2,5-7,14H2. The number of hydrogen-bond donors (Lipinski definition) is 1. The fraction of sp³-hybridized carbons (Fsp3) is 0.538. The van der Waals surface area contributed by atoms with Gasteiger partial charge in [0.25, 0.3) is 0 Å². The van der Waals surface area contributed by atoms with Crippen molar-refractivity contribution in [2.24, 2.45) is 5.73 Å². The Bertz CT molecular complexity index is 404. The van der Waals surface area contributed by atoms with Crippen LogP contribution in [0.25, 0.3) is 0 Å². The minimum Gasteiger partial charge on any atom is -0.486 e. The van der Waals surface area contributed by atoms with Crippen molar-refractivity contribution in [3.05, 3.63) is 23.8 Å². The molecule has 4 heteroatoms. The Hall–Kier alpha value is -0.870. The van der Waals surface area contributed by atoms with Gasteiger partial charge in [-0.05, 0) is 36.3 Å². The molecule has 0 spiro atoms. The number of benzene rings is 1. The maximum Gasteiger partial charge on any atom is 0.161 e. The first-order valence-electron chi connectivity index (χ1n) is 6.11. The van der Waals surface area contributed by atoms with Crippen molar-refractivity contribution in [2.75, 3.05) is 19.0 Å². The molecule has 0 saturated carbocycles. The smallest absolute Gasteiger partial charge is 0.161 e. The Balaban J connectivity index is 1.82. The molecule has 1 aromatic rings. The van der Waals surface area contributed by atoms with Crippen molar-refractivity contribution in [2.45, 2.75) is 24.1 Å². The van der Waals surface area contributed by atoms with Crippen LogP contribution in [0.4, 0.5) is 0 Å². The van der Waals surface area contributed by atoms with E-state index in [0.717, 1.165) is 17.1 Å². The monoisotopic (exact) mass is 251 g/mol. The molecule has 3 nitrogen and oxygen atoms in total. The van der Waals surface area contributed by atoms with E-state index < -0.39 is 0 Å². The van der Waals surface area contributed by atoms with E-state index in [1.807, 2.05) is 23.9 Å². The first-order valence-corrected chi connectivity index (χ1v) is 7.16. The second kappa shape index (κ2) is 4.78. The molecule has 2 heterocycles. The van der Waals surface area contributed by atoms with E-state index in [2.05, 4.69) is 6.07 Å². The normalized spacial score (nSPS) is 24.6. The van der Waals surface area contributed by atoms with Crippen molar-refractivity contribution in [1.82, 2.24) is 0 Å². The molecule has 0 aliphatic carbocycles. The first kappa shape index (κ1) is 11.2. The number of hydrogen-bond acceptors (Lipinski definition) is 4. The van der Waals surface area contributed by atoms with E-state index in [-0.39, 0.29) is 6.04 Å². The minimum atomic E-state index is 0.110. The summed E-state index contributed by atoms with van der Waals surface area (Å²) in [6, 6.07) is 6.19. The molecule has 17 heavy (non-hydrogen) atoms. The second-order valence-corrected chi connectivity index (χ2v) is 5.83. The molecule has 3 rings (SSSR count). The third-order valence-corrected chi connectivity index (χ3v) is 4.80. The summed E-state index contributed by atoms with van der Waals surface area (Å²) < 4.78 is 11.1. The second-order valence-electron chi connectivity index (χ2n) is 4.48. The SMILES string of the molecule is NC(c1ccc2c(c1)OCCO2)C1CCCS1. The van der Waals surface area contributed by atoms with Crippen LogP contribution in [0.1, 0.15) is 24.4 Å². The van der Waals surface area contributed by atoms with Gasteiger partial charge in [-0.3, -0.25) is 0 Å². The number of thioether (sulfide) groups is 1.